The third-order valence-corrected chi connectivity index (χ3v) is 4.75. The molecular formula is C15H28NO3+. The third kappa shape index (κ3) is 2.97. The molecule has 3 fully saturated rings. The highest BCUT2D eigenvalue weighted by molar-refractivity contribution is 4.82. The molecule has 0 amide bonds. The van der Waals surface area contributed by atoms with Crippen LogP contribution in [0.3, 0.4) is 0 Å². The molecule has 1 unspecified atom stereocenters. The van der Waals surface area contributed by atoms with E-state index in [4.69, 9.17) is 14.2 Å². The quantitative estimate of drug-likeness (QED) is 0.829. The van der Waals surface area contributed by atoms with E-state index in [0.29, 0.717) is 12.1 Å². The van der Waals surface area contributed by atoms with Crippen LogP contribution >= 0.6 is 0 Å². The summed E-state index contributed by atoms with van der Waals surface area (Å²) in [6.45, 7) is 8.28. The predicted octanol–water partition coefficient (Wildman–Crippen LogP) is 0.959. The third-order valence-electron chi connectivity index (χ3n) is 4.75. The zero-order valence-corrected chi connectivity index (χ0v) is 12.3. The fraction of sp³-hybridized carbons (Fsp3) is 1.00. The molecule has 1 spiro atoms. The van der Waals surface area contributed by atoms with Crippen LogP contribution in [0.4, 0.5) is 0 Å². The van der Waals surface area contributed by atoms with E-state index in [1.54, 1.807) is 0 Å². The summed E-state index contributed by atoms with van der Waals surface area (Å²) < 4.78 is 18.1. The van der Waals surface area contributed by atoms with Crippen molar-refractivity contribution < 1.29 is 19.1 Å². The zero-order chi connectivity index (χ0) is 13.3. The van der Waals surface area contributed by atoms with Gasteiger partial charge in [-0.2, -0.15) is 0 Å². The minimum absolute atomic E-state index is 0.226. The summed E-state index contributed by atoms with van der Waals surface area (Å²) in [5, 5.41) is 0. The number of hydrogen-bond donors (Lipinski definition) is 1. The van der Waals surface area contributed by atoms with Crippen LogP contribution in [0.2, 0.25) is 0 Å². The maximum absolute atomic E-state index is 6.28. The first-order valence-electron chi connectivity index (χ1n) is 7.96. The fourth-order valence-electron chi connectivity index (χ4n) is 3.82. The molecule has 2 aliphatic heterocycles. The Bertz CT molecular complexity index is 302. The molecule has 1 N–H and O–H groups in total. The maximum atomic E-state index is 6.28. The van der Waals surface area contributed by atoms with Gasteiger partial charge in [0.15, 0.2) is 12.0 Å². The summed E-state index contributed by atoms with van der Waals surface area (Å²) >= 11 is 0. The van der Waals surface area contributed by atoms with Crippen molar-refractivity contribution in [3.05, 3.63) is 0 Å². The van der Waals surface area contributed by atoms with Crippen molar-refractivity contribution in [3.8, 4) is 0 Å². The molecule has 4 heteroatoms. The Hall–Kier alpha value is -0.160. The number of hydrogen-bond acceptors (Lipinski definition) is 3. The maximum Gasteiger partial charge on any atom is 0.194 e. The summed E-state index contributed by atoms with van der Waals surface area (Å²) in [6.07, 6.45) is 6.61. The van der Waals surface area contributed by atoms with Crippen LogP contribution in [0, 0.1) is 5.92 Å². The monoisotopic (exact) mass is 270 g/mol. The van der Waals surface area contributed by atoms with Gasteiger partial charge in [-0.1, -0.05) is 20.3 Å². The lowest BCUT2D eigenvalue weighted by Crippen LogP contribution is -3.15. The largest absolute Gasteiger partial charge is 0.347 e. The van der Waals surface area contributed by atoms with Crippen LogP contribution in [0.1, 0.15) is 46.0 Å². The van der Waals surface area contributed by atoms with E-state index >= 15 is 0 Å². The molecule has 19 heavy (non-hydrogen) atoms. The van der Waals surface area contributed by atoms with E-state index in [-0.39, 0.29) is 11.9 Å². The van der Waals surface area contributed by atoms with Crippen molar-refractivity contribution in [1.82, 2.24) is 0 Å². The average Bonchev–Trinajstić information content (AvgIpc) is 2.99. The lowest BCUT2D eigenvalue weighted by Gasteiger charge is -2.32. The Morgan fingerprint density at radius 2 is 2.00 bits per heavy atom. The van der Waals surface area contributed by atoms with Crippen molar-refractivity contribution in [2.45, 2.75) is 64.1 Å². The highest BCUT2D eigenvalue weighted by Crippen LogP contribution is 2.37. The molecule has 0 radical (unpaired) electrons. The van der Waals surface area contributed by atoms with Crippen molar-refractivity contribution in [2.75, 3.05) is 26.3 Å². The van der Waals surface area contributed by atoms with Gasteiger partial charge in [-0.25, -0.2) is 0 Å². The topological polar surface area (TPSA) is 32.1 Å². The molecule has 1 saturated carbocycles. The molecule has 0 bridgehead atoms. The smallest absolute Gasteiger partial charge is 0.194 e. The normalized spacial score (nSPS) is 38.4. The number of ether oxygens (including phenoxy) is 3. The van der Waals surface area contributed by atoms with E-state index in [1.807, 2.05) is 0 Å². The molecule has 0 aromatic carbocycles. The molecule has 0 aromatic rings. The Balaban J connectivity index is 1.54. The van der Waals surface area contributed by atoms with Crippen LogP contribution in [0.15, 0.2) is 0 Å². The SMILES string of the molecule is CC(C)[C@H]1OCC[NH+]1C[C@@H]1COC2(CCCCC2)O1. The minimum atomic E-state index is -0.226. The Kier molecular flexibility index (Phi) is 4.13. The first-order chi connectivity index (χ1) is 9.19. The number of nitrogens with one attached hydrogen (secondary N) is 1. The van der Waals surface area contributed by atoms with Crippen molar-refractivity contribution in [1.29, 1.82) is 0 Å². The first-order valence-corrected chi connectivity index (χ1v) is 7.96. The summed E-state index contributed by atoms with van der Waals surface area (Å²) in [6, 6.07) is 0. The van der Waals surface area contributed by atoms with E-state index in [9.17, 15) is 0 Å². The lowest BCUT2D eigenvalue weighted by atomic mass is 9.94. The molecule has 1 aliphatic carbocycles. The van der Waals surface area contributed by atoms with E-state index < -0.39 is 0 Å². The number of rotatable bonds is 3. The molecule has 3 atom stereocenters. The molecule has 4 nitrogen and oxygen atoms in total. The standard InChI is InChI=1S/C15H27NO3/c1-12(2)14-16(8-9-17-14)10-13-11-18-15(19-13)6-4-3-5-7-15/h12-14H,3-11H2,1-2H3/p+1/t13-,14-/m1/s1. The van der Waals surface area contributed by atoms with Gasteiger partial charge in [0.2, 0.25) is 0 Å². The van der Waals surface area contributed by atoms with Gasteiger partial charge in [-0.05, 0) is 12.8 Å². The van der Waals surface area contributed by atoms with Crippen LogP contribution in [0.5, 0.6) is 0 Å². The molecule has 110 valence electrons. The first kappa shape index (κ1) is 13.8. The van der Waals surface area contributed by atoms with E-state index in [0.717, 1.165) is 39.1 Å². The van der Waals surface area contributed by atoms with Gasteiger partial charge in [-0.3, -0.25) is 0 Å². The summed E-state index contributed by atoms with van der Waals surface area (Å²) in [5.74, 6) is 0.347. The molecule has 3 rings (SSSR count). The van der Waals surface area contributed by atoms with Crippen molar-refractivity contribution in [2.24, 2.45) is 5.92 Å². The van der Waals surface area contributed by atoms with Gasteiger partial charge in [0.25, 0.3) is 0 Å². The zero-order valence-electron chi connectivity index (χ0n) is 12.3. The van der Waals surface area contributed by atoms with Crippen LogP contribution < -0.4 is 4.90 Å². The minimum Gasteiger partial charge on any atom is -0.347 e. The van der Waals surface area contributed by atoms with Crippen molar-refractivity contribution >= 4 is 0 Å². The van der Waals surface area contributed by atoms with Gasteiger partial charge in [0.1, 0.15) is 25.8 Å². The predicted molar refractivity (Wildman–Crippen MR) is 71.9 cm³/mol. The van der Waals surface area contributed by atoms with Gasteiger partial charge in [0, 0.05) is 18.8 Å². The summed E-state index contributed by atoms with van der Waals surface area (Å²) in [7, 11) is 0. The van der Waals surface area contributed by atoms with Gasteiger partial charge in [-0.15, -0.1) is 0 Å². The Morgan fingerprint density at radius 3 is 2.74 bits per heavy atom. The van der Waals surface area contributed by atoms with E-state index in [2.05, 4.69) is 13.8 Å². The number of quaternary nitrogens is 1. The molecule has 2 heterocycles. The molecule has 2 saturated heterocycles. The molecule has 3 aliphatic rings. The van der Waals surface area contributed by atoms with Gasteiger partial charge >= 0.3 is 0 Å². The summed E-state index contributed by atoms with van der Waals surface area (Å²) in [4.78, 5) is 1.54. The van der Waals surface area contributed by atoms with Crippen molar-refractivity contribution in [3.63, 3.8) is 0 Å². The van der Waals surface area contributed by atoms with Gasteiger partial charge in [0.05, 0.1) is 6.61 Å². The van der Waals surface area contributed by atoms with E-state index in [1.165, 1.54) is 24.2 Å². The molecule has 0 aromatic heterocycles. The second-order valence-electron chi connectivity index (χ2n) is 6.67. The average molecular weight is 270 g/mol. The second-order valence-corrected chi connectivity index (χ2v) is 6.67. The van der Waals surface area contributed by atoms with Crippen LogP contribution in [-0.4, -0.2) is 44.4 Å². The lowest BCUT2D eigenvalue weighted by molar-refractivity contribution is -0.931. The highest BCUT2D eigenvalue weighted by Gasteiger charge is 2.45. The van der Waals surface area contributed by atoms with Crippen LogP contribution in [0.25, 0.3) is 0 Å². The Labute approximate surface area is 116 Å². The fourth-order valence-corrected chi connectivity index (χ4v) is 3.82. The summed E-state index contributed by atoms with van der Waals surface area (Å²) in [5.41, 5.74) is 0. The Morgan fingerprint density at radius 1 is 1.21 bits per heavy atom. The van der Waals surface area contributed by atoms with Crippen LogP contribution in [-0.2, 0) is 14.2 Å². The van der Waals surface area contributed by atoms with Gasteiger partial charge < -0.3 is 19.1 Å². The second kappa shape index (κ2) is 5.68. The molecular weight excluding hydrogens is 242 g/mol. The highest BCUT2D eigenvalue weighted by atomic mass is 16.7.